The summed E-state index contributed by atoms with van der Waals surface area (Å²) in [4.78, 5) is 4.12. The van der Waals surface area contributed by atoms with E-state index in [0.717, 1.165) is 0 Å². The first-order valence-corrected chi connectivity index (χ1v) is 7.46. The molecule has 6 nitrogen and oxygen atoms in total. The minimum Gasteiger partial charge on any atom is -0.493 e. The van der Waals surface area contributed by atoms with Crippen LogP contribution in [-0.4, -0.2) is 36.3 Å². The molecule has 0 bridgehead atoms. The highest BCUT2D eigenvalue weighted by Gasteiger charge is 2.28. The highest BCUT2D eigenvalue weighted by Crippen LogP contribution is 2.29. The lowest BCUT2D eigenvalue weighted by Crippen LogP contribution is -2.20. The van der Waals surface area contributed by atoms with Crippen LogP contribution in [-0.2, 0) is 6.61 Å². The molecule has 1 aromatic carbocycles. The molecule has 0 saturated carbocycles. The molecule has 0 aliphatic heterocycles. The van der Waals surface area contributed by atoms with Crippen LogP contribution in [0.1, 0.15) is 16.8 Å². The molecule has 0 atom stereocenters. The summed E-state index contributed by atoms with van der Waals surface area (Å²) >= 11 is 0. The lowest BCUT2D eigenvalue weighted by atomic mass is 10.2. The van der Waals surface area contributed by atoms with Crippen molar-refractivity contribution in [2.24, 2.45) is 5.16 Å². The maximum Gasteiger partial charge on any atom is 0.422 e. The Morgan fingerprint density at radius 1 is 1.15 bits per heavy atom. The number of nitrogens with zero attached hydrogens (tertiary/aromatic N) is 2. The lowest BCUT2D eigenvalue weighted by molar-refractivity contribution is -0.153. The molecule has 0 unspecified atom stereocenters. The molecule has 2 aromatic rings. The zero-order chi connectivity index (χ0) is 19.2. The van der Waals surface area contributed by atoms with Gasteiger partial charge in [-0.2, -0.15) is 13.2 Å². The van der Waals surface area contributed by atoms with Crippen molar-refractivity contribution in [3.63, 3.8) is 0 Å². The minimum absolute atomic E-state index is 0.0127. The summed E-state index contributed by atoms with van der Waals surface area (Å²) in [6.45, 7) is 0.244. The average Bonchev–Trinajstić information content (AvgIpc) is 2.60. The molecular formula is C17H17F3N2O4. The molecule has 2 rings (SSSR count). The third-order valence-corrected chi connectivity index (χ3v) is 3.41. The van der Waals surface area contributed by atoms with Gasteiger partial charge in [0.15, 0.2) is 18.1 Å². The summed E-state index contributed by atoms with van der Waals surface area (Å²) in [5.74, 6) is 0.910. The van der Waals surface area contributed by atoms with Crippen LogP contribution in [0, 0.1) is 6.92 Å². The molecule has 0 fully saturated rings. The third-order valence-electron chi connectivity index (χ3n) is 3.41. The van der Waals surface area contributed by atoms with E-state index in [-0.39, 0.29) is 12.4 Å². The van der Waals surface area contributed by atoms with Gasteiger partial charge in [-0.1, -0.05) is 5.16 Å². The lowest BCUT2D eigenvalue weighted by Gasteiger charge is -2.15. The standard InChI is InChI=1S/C17H17F3N2O4/c1-11-13(21-6-5-14(11)26-10-17(18,19)20)9-25-15-4-3-12(8-22-23)7-16(15)24-2/h3-8,23H,9-10H2,1-2H3. The SMILES string of the molecule is COc1cc(C=NO)ccc1OCc1nccc(OCC(F)(F)F)c1C. The molecule has 0 spiro atoms. The fourth-order valence-electron chi connectivity index (χ4n) is 2.12. The van der Waals surface area contributed by atoms with Gasteiger partial charge in [0, 0.05) is 17.3 Å². The van der Waals surface area contributed by atoms with E-state index >= 15 is 0 Å². The highest BCUT2D eigenvalue weighted by atomic mass is 19.4. The summed E-state index contributed by atoms with van der Waals surface area (Å²) in [5, 5.41) is 11.5. The fraction of sp³-hybridized carbons (Fsp3) is 0.294. The van der Waals surface area contributed by atoms with Gasteiger partial charge < -0.3 is 19.4 Å². The zero-order valence-electron chi connectivity index (χ0n) is 14.1. The van der Waals surface area contributed by atoms with E-state index in [4.69, 9.17) is 19.4 Å². The molecule has 9 heteroatoms. The average molecular weight is 370 g/mol. The van der Waals surface area contributed by atoms with E-state index in [1.165, 1.54) is 25.6 Å². The molecule has 1 heterocycles. The third kappa shape index (κ3) is 5.27. The Morgan fingerprint density at radius 2 is 1.92 bits per heavy atom. The van der Waals surface area contributed by atoms with E-state index in [1.54, 1.807) is 25.1 Å². The van der Waals surface area contributed by atoms with Gasteiger partial charge in [0.05, 0.1) is 19.0 Å². The summed E-state index contributed by atoms with van der Waals surface area (Å²) in [5.41, 5.74) is 1.50. The van der Waals surface area contributed by atoms with Crippen molar-refractivity contribution in [2.75, 3.05) is 13.7 Å². The van der Waals surface area contributed by atoms with Crippen LogP contribution in [0.25, 0.3) is 0 Å². The number of rotatable bonds is 7. The van der Waals surface area contributed by atoms with Gasteiger partial charge in [-0.3, -0.25) is 4.98 Å². The topological polar surface area (TPSA) is 73.2 Å². The van der Waals surface area contributed by atoms with Gasteiger partial charge in [-0.05, 0) is 31.2 Å². The van der Waals surface area contributed by atoms with Gasteiger partial charge in [0.25, 0.3) is 0 Å². The van der Waals surface area contributed by atoms with Gasteiger partial charge in [0.2, 0.25) is 0 Å². The van der Waals surface area contributed by atoms with Crippen molar-refractivity contribution in [3.8, 4) is 17.2 Å². The first-order chi connectivity index (χ1) is 12.3. The fourth-order valence-corrected chi connectivity index (χ4v) is 2.12. The first kappa shape index (κ1) is 19.4. The van der Waals surface area contributed by atoms with E-state index in [9.17, 15) is 13.2 Å². The Morgan fingerprint density at radius 3 is 2.58 bits per heavy atom. The molecule has 1 N–H and O–H groups in total. The number of aromatic nitrogens is 1. The van der Waals surface area contributed by atoms with Gasteiger partial charge >= 0.3 is 6.18 Å². The Hall–Kier alpha value is -2.97. The largest absolute Gasteiger partial charge is 0.493 e. The van der Waals surface area contributed by atoms with Crippen molar-refractivity contribution in [1.82, 2.24) is 4.98 Å². The maximum atomic E-state index is 12.3. The molecule has 26 heavy (non-hydrogen) atoms. The van der Waals surface area contributed by atoms with Crippen molar-refractivity contribution in [1.29, 1.82) is 0 Å². The Balaban J connectivity index is 2.12. The van der Waals surface area contributed by atoms with Crippen LogP contribution >= 0.6 is 0 Å². The number of ether oxygens (including phenoxy) is 3. The van der Waals surface area contributed by atoms with Gasteiger partial charge in [0.1, 0.15) is 12.4 Å². The van der Waals surface area contributed by atoms with E-state index < -0.39 is 12.8 Å². The van der Waals surface area contributed by atoms with Crippen LogP contribution < -0.4 is 14.2 Å². The number of benzene rings is 1. The predicted octanol–water partition coefficient (Wildman–Crippen LogP) is 3.73. The summed E-state index contributed by atoms with van der Waals surface area (Å²) in [7, 11) is 1.46. The molecule has 0 aliphatic carbocycles. The van der Waals surface area contributed by atoms with Crippen molar-refractivity contribution >= 4 is 6.21 Å². The van der Waals surface area contributed by atoms with Crippen LogP contribution in [0.15, 0.2) is 35.6 Å². The predicted molar refractivity (Wildman–Crippen MR) is 87.2 cm³/mol. The second kappa shape index (κ2) is 8.41. The molecule has 140 valence electrons. The Bertz CT molecular complexity index is 779. The number of hydrogen-bond acceptors (Lipinski definition) is 6. The summed E-state index contributed by atoms with van der Waals surface area (Å²) in [6.07, 6.45) is -1.83. The van der Waals surface area contributed by atoms with Crippen LogP contribution in [0.4, 0.5) is 13.2 Å². The molecule has 0 saturated heterocycles. The molecule has 0 aliphatic rings. The van der Waals surface area contributed by atoms with Crippen LogP contribution in [0.5, 0.6) is 17.2 Å². The molecular weight excluding hydrogens is 353 g/mol. The van der Waals surface area contributed by atoms with Gasteiger partial charge in [-0.25, -0.2) is 0 Å². The Labute approximate surface area is 147 Å². The van der Waals surface area contributed by atoms with Crippen molar-refractivity contribution in [3.05, 3.63) is 47.3 Å². The molecule has 0 amide bonds. The number of oxime groups is 1. The van der Waals surface area contributed by atoms with E-state index in [1.807, 2.05) is 0 Å². The molecule has 1 aromatic heterocycles. The normalized spacial score (nSPS) is 11.6. The second-order valence-corrected chi connectivity index (χ2v) is 5.23. The highest BCUT2D eigenvalue weighted by molar-refractivity contribution is 5.80. The second-order valence-electron chi connectivity index (χ2n) is 5.23. The quantitative estimate of drug-likeness (QED) is 0.457. The smallest absolute Gasteiger partial charge is 0.422 e. The minimum atomic E-state index is -4.42. The zero-order valence-corrected chi connectivity index (χ0v) is 14.1. The van der Waals surface area contributed by atoms with Crippen molar-refractivity contribution < 1.29 is 32.6 Å². The Kier molecular flexibility index (Phi) is 6.26. The van der Waals surface area contributed by atoms with Crippen LogP contribution in [0.2, 0.25) is 0 Å². The number of hydrogen-bond donors (Lipinski definition) is 1. The summed E-state index contributed by atoms with van der Waals surface area (Å²) in [6, 6.07) is 6.25. The van der Waals surface area contributed by atoms with Gasteiger partial charge in [-0.15, -0.1) is 0 Å². The monoisotopic (exact) mass is 370 g/mol. The maximum absolute atomic E-state index is 12.3. The van der Waals surface area contributed by atoms with Crippen LogP contribution in [0.3, 0.4) is 0 Å². The number of alkyl halides is 3. The number of methoxy groups -OCH3 is 1. The molecule has 0 radical (unpaired) electrons. The van der Waals surface area contributed by atoms with E-state index in [0.29, 0.717) is 28.3 Å². The van der Waals surface area contributed by atoms with E-state index in [2.05, 4.69) is 10.1 Å². The summed E-state index contributed by atoms with van der Waals surface area (Å²) < 4.78 is 52.6. The first-order valence-electron chi connectivity index (χ1n) is 7.46. The van der Waals surface area contributed by atoms with Crippen molar-refractivity contribution in [2.45, 2.75) is 19.7 Å². The number of halogens is 3. The number of pyridine rings is 1.